The minimum atomic E-state index is -0.900. The number of carbonyl (C=O) groups excluding carboxylic acids is 2. The van der Waals surface area contributed by atoms with Crippen molar-refractivity contribution >= 4 is 11.9 Å². The Morgan fingerprint density at radius 2 is 1.21 bits per heavy atom. The number of likely N-dealkylation sites (N-methyl/N-ethyl adjacent to an activating group) is 4. The summed E-state index contributed by atoms with van der Waals surface area (Å²) >= 11 is 0. The molecule has 4 unspecified atom stereocenters. The molecule has 2 aliphatic rings. The summed E-state index contributed by atoms with van der Waals surface area (Å²) in [5.41, 5.74) is 0. The molecule has 2 heterocycles. The van der Waals surface area contributed by atoms with Gasteiger partial charge in [-0.25, -0.2) is 9.59 Å². The Hall–Kier alpha value is -1.22. The summed E-state index contributed by atoms with van der Waals surface area (Å²) in [7, 11) is 3.66. The quantitative estimate of drug-likeness (QED) is 0.453. The van der Waals surface area contributed by atoms with Gasteiger partial charge in [0.1, 0.15) is 12.2 Å². The van der Waals surface area contributed by atoms with Crippen LogP contribution in [0.15, 0.2) is 0 Å². The van der Waals surface area contributed by atoms with Crippen molar-refractivity contribution in [3.8, 4) is 0 Å². The van der Waals surface area contributed by atoms with Gasteiger partial charge in [-0.3, -0.25) is 9.80 Å². The molecule has 0 radical (unpaired) electrons. The largest absolute Gasteiger partial charge is 0.451 e. The van der Waals surface area contributed by atoms with Crippen molar-refractivity contribution in [1.29, 1.82) is 0 Å². The molecule has 4 atom stereocenters. The second-order valence-corrected chi connectivity index (χ2v) is 6.38. The summed E-state index contributed by atoms with van der Waals surface area (Å²) in [5, 5.41) is 6.28. The number of likely N-dealkylation sites (tertiary alicyclic amines) is 2. The van der Waals surface area contributed by atoms with Crippen LogP contribution in [0.1, 0.15) is 13.8 Å². The summed E-state index contributed by atoms with van der Waals surface area (Å²) in [5.74, 6) is -1.80. The van der Waals surface area contributed by atoms with E-state index in [1.54, 1.807) is 0 Å². The van der Waals surface area contributed by atoms with Crippen molar-refractivity contribution in [2.45, 2.75) is 38.1 Å². The van der Waals surface area contributed by atoms with E-state index in [2.05, 4.69) is 34.3 Å². The minimum absolute atomic E-state index is 0.0359. The first-order valence-electron chi connectivity index (χ1n) is 8.73. The molecule has 2 fully saturated rings. The molecule has 138 valence electrons. The Bertz CT molecular complexity index is 408. The normalized spacial score (nSPS) is 31.3. The average molecular weight is 342 g/mol. The van der Waals surface area contributed by atoms with Gasteiger partial charge in [0.25, 0.3) is 0 Å². The molecule has 2 aliphatic heterocycles. The number of nitrogens with one attached hydrogen (secondary N) is 2. The van der Waals surface area contributed by atoms with Crippen molar-refractivity contribution in [2.24, 2.45) is 0 Å². The zero-order chi connectivity index (χ0) is 17.7. The van der Waals surface area contributed by atoms with E-state index in [1.165, 1.54) is 0 Å². The maximum absolute atomic E-state index is 12.1. The molecular weight excluding hydrogens is 312 g/mol. The molecule has 0 aliphatic carbocycles. The lowest BCUT2D eigenvalue weighted by Crippen LogP contribution is -2.43. The van der Waals surface area contributed by atoms with Crippen molar-refractivity contribution in [3.05, 3.63) is 0 Å². The zero-order valence-corrected chi connectivity index (χ0v) is 15.1. The molecule has 0 spiro atoms. The Labute approximate surface area is 143 Å². The fraction of sp³-hybridized carbons (Fsp3) is 0.875. The van der Waals surface area contributed by atoms with Crippen molar-refractivity contribution in [1.82, 2.24) is 20.4 Å². The molecule has 0 saturated carbocycles. The minimum Gasteiger partial charge on any atom is -0.451 e. The highest BCUT2D eigenvalue weighted by Crippen LogP contribution is 2.16. The lowest BCUT2D eigenvalue weighted by molar-refractivity contribution is -0.174. The highest BCUT2D eigenvalue weighted by Gasteiger charge is 2.38. The van der Waals surface area contributed by atoms with Gasteiger partial charge in [-0.1, -0.05) is 13.8 Å². The summed E-state index contributed by atoms with van der Waals surface area (Å²) in [6.07, 6.45) is -0.656. The first-order valence-corrected chi connectivity index (χ1v) is 8.73. The molecule has 2 rings (SSSR count). The number of nitrogens with zero attached hydrogens (tertiary/aromatic N) is 2. The van der Waals surface area contributed by atoms with E-state index in [4.69, 9.17) is 9.47 Å². The summed E-state index contributed by atoms with van der Waals surface area (Å²) in [4.78, 5) is 28.6. The molecule has 8 heteroatoms. The molecule has 24 heavy (non-hydrogen) atoms. The third-order valence-electron chi connectivity index (χ3n) is 5.00. The van der Waals surface area contributed by atoms with E-state index >= 15 is 0 Å². The number of hydrogen-bond donors (Lipinski definition) is 2. The number of ether oxygens (including phenoxy) is 2. The van der Waals surface area contributed by atoms with Gasteiger partial charge in [-0.2, -0.15) is 0 Å². The third-order valence-corrected chi connectivity index (χ3v) is 5.00. The number of carbonyl (C=O) groups is 2. The molecule has 0 bridgehead atoms. The molecule has 0 aromatic carbocycles. The highest BCUT2D eigenvalue weighted by atomic mass is 16.6. The van der Waals surface area contributed by atoms with Crippen LogP contribution in [0.5, 0.6) is 0 Å². The van der Waals surface area contributed by atoms with Gasteiger partial charge in [-0.15, -0.1) is 0 Å². The first kappa shape index (κ1) is 19.1. The Morgan fingerprint density at radius 3 is 1.50 bits per heavy atom. The summed E-state index contributed by atoms with van der Waals surface area (Å²) in [6, 6.07) is 0.0719. The van der Waals surface area contributed by atoms with E-state index in [0.717, 1.165) is 26.2 Å². The van der Waals surface area contributed by atoms with Crippen molar-refractivity contribution in [2.75, 3.05) is 53.4 Å². The summed E-state index contributed by atoms with van der Waals surface area (Å²) < 4.78 is 10.8. The van der Waals surface area contributed by atoms with Crippen LogP contribution >= 0.6 is 0 Å². The van der Waals surface area contributed by atoms with Crippen LogP contribution in [0.4, 0.5) is 0 Å². The fourth-order valence-electron chi connectivity index (χ4n) is 3.38. The number of esters is 2. The number of rotatable bonds is 6. The van der Waals surface area contributed by atoms with Gasteiger partial charge < -0.3 is 20.1 Å². The van der Waals surface area contributed by atoms with Crippen LogP contribution in [-0.2, 0) is 19.1 Å². The Kier molecular flexibility index (Phi) is 6.97. The molecule has 2 N–H and O–H groups in total. The van der Waals surface area contributed by atoms with E-state index in [0.29, 0.717) is 13.1 Å². The predicted molar refractivity (Wildman–Crippen MR) is 89.7 cm³/mol. The zero-order valence-electron chi connectivity index (χ0n) is 15.1. The van der Waals surface area contributed by atoms with Gasteiger partial charge in [0.15, 0.2) is 0 Å². The average Bonchev–Trinajstić information content (AvgIpc) is 3.17. The van der Waals surface area contributed by atoms with Crippen LogP contribution in [-0.4, -0.2) is 99.4 Å². The molecule has 0 aromatic rings. The molecular formula is C16H30N4O4. The van der Waals surface area contributed by atoms with E-state index in [-0.39, 0.29) is 24.3 Å². The second kappa shape index (κ2) is 8.75. The van der Waals surface area contributed by atoms with Gasteiger partial charge >= 0.3 is 11.9 Å². The molecule has 0 aromatic heterocycles. The van der Waals surface area contributed by atoms with Crippen LogP contribution in [0.2, 0.25) is 0 Å². The van der Waals surface area contributed by atoms with Crippen LogP contribution < -0.4 is 10.6 Å². The van der Waals surface area contributed by atoms with Gasteiger partial charge in [0.05, 0.1) is 12.1 Å². The first-order chi connectivity index (χ1) is 11.5. The highest BCUT2D eigenvalue weighted by molar-refractivity contribution is 6.29. The lowest BCUT2D eigenvalue weighted by atomic mass is 10.2. The maximum Gasteiger partial charge on any atom is 0.417 e. The van der Waals surface area contributed by atoms with Crippen LogP contribution in [0, 0.1) is 0 Å². The topological polar surface area (TPSA) is 83.1 Å². The van der Waals surface area contributed by atoms with Crippen molar-refractivity contribution < 1.29 is 19.1 Å². The van der Waals surface area contributed by atoms with E-state index < -0.39 is 11.9 Å². The monoisotopic (exact) mass is 342 g/mol. The van der Waals surface area contributed by atoms with E-state index in [1.807, 2.05) is 14.1 Å². The standard InChI is InChI=1S/C16H30N4O4/c1-5-19-7-11(17-3)13(9-19)23-15(21)16(22)24-14-10-20(6-2)8-12(14)18-4/h11-14,17-18H,5-10H2,1-4H3. The molecule has 2 saturated heterocycles. The Morgan fingerprint density at radius 1 is 0.833 bits per heavy atom. The predicted octanol–water partition coefficient (Wildman–Crippen LogP) is -1.34. The van der Waals surface area contributed by atoms with Gasteiger partial charge in [0, 0.05) is 26.2 Å². The molecule has 0 amide bonds. The smallest absolute Gasteiger partial charge is 0.417 e. The van der Waals surface area contributed by atoms with Crippen LogP contribution in [0.3, 0.4) is 0 Å². The molecule has 8 nitrogen and oxygen atoms in total. The lowest BCUT2D eigenvalue weighted by Gasteiger charge is -2.20. The Balaban J connectivity index is 1.87. The maximum atomic E-state index is 12.1. The van der Waals surface area contributed by atoms with Gasteiger partial charge in [-0.05, 0) is 27.2 Å². The number of hydrogen-bond acceptors (Lipinski definition) is 8. The van der Waals surface area contributed by atoms with Crippen LogP contribution in [0.25, 0.3) is 0 Å². The van der Waals surface area contributed by atoms with E-state index in [9.17, 15) is 9.59 Å². The fourth-order valence-corrected chi connectivity index (χ4v) is 3.38. The SMILES string of the molecule is CCN1CC(NC)C(OC(=O)C(=O)OC2CN(CC)CC2NC)C1. The van der Waals surface area contributed by atoms with Gasteiger partial charge in [0.2, 0.25) is 0 Å². The third kappa shape index (κ3) is 4.44. The second-order valence-electron chi connectivity index (χ2n) is 6.38. The van der Waals surface area contributed by atoms with Crippen molar-refractivity contribution in [3.63, 3.8) is 0 Å². The summed E-state index contributed by atoms with van der Waals surface area (Å²) in [6.45, 7) is 8.75.